The minimum atomic E-state index is 0.114. The molecule has 1 aliphatic heterocycles. The summed E-state index contributed by atoms with van der Waals surface area (Å²) in [4.78, 5) is 14.4. The molecule has 1 aromatic rings. The molecule has 1 aliphatic carbocycles. The van der Waals surface area contributed by atoms with Gasteiger partial charge < -0.3 is 10.2 Å². The highest BCUT2D eigenvalue weighted by molar-refractivity contribution is 7.80. The molecule has 1 fully saturated rings. The van der Waals surface area contributed by atoms with Crippen LogP contribution in [-0.2, 0) is 11.2 Å². The van der Waals surface area contributed by atoms with Crippen LogP contribution >= 0.6 is 12.2 Å². The average Bonchev–Trinajstić information content (AvgIpc) is 2.55. The highest BCUT2D eigenvalue weighted by Crippen LogP contribution is 2.27. The monoisotopic (exact) mass is 302 g/mol. The number of carbonyl (C=O) groups is 1. The minimum Gasteiger partial charge on any atom is -0.318 e. The van der Waals surface area contributed by atoms with Crippen molar-refractivity contribution in [3.63, 3.8) is 0 Å². The third-order valence-corrected chi connectivity index (χ3v) is 4.88. The molecule has 1 saturated carbocycles. The van der Waals surface area contributed by atoms with Crippen molar-refractivity contribution >= 4 is 28.9 Å². The first-order valence-corrected chi connectivity index (χ1v) is 8.37. The van der Waals surface area contributed by atoms with Crippen molar-refractivity contribution in [3.8, 4) is 0 Å². The van der Waals surface area contributed by atoms with Crippen molar-refractivity contribution < 1.29 is 4.79 Å². The van der Waals surface area contributed by atoms with Crippen molar-refractivity contribution in [3.05, 3.63) is 29.8 Å². The second-order valence-corrected chi connectivity index (χ2v) is 6.40. The number of aryl methyl sites for hydroxylation is 1. The van der Waals surface area contributed by atoms with Crippen LogP contribution in [-0.4, -0.2) is 17.6 Å². The predicted molar refractivity (Wildman–Crippen MR) is 89.4 cm³/mol. The van der Waals surface area contributed by atoms with Crippen LogP contribution in [0.2, 0.25) is 0 Å². The van der Waals surface area contributed by atoms with Gasteiger partial charge in [-0.3, -0.25) is 4.79 Å². The van der Waals surface area contributed by atoms with E-state index in [1.165, 1.54) is 12.0 Å². The third kappa shape index (κ3) is 3.26. The molecule has 0 atom stereocenters. The van der Waals surface area contributed by atoms with Crippen LogP contribution in [0, 0.1) is 5.92 Å². The zero-order chi connectivity index (χ0) is 14.7. The zero-order valence-corrected chi connectivity index (χ0v) is 13.1. The van der Waals surface area contributed by atoms with Gasteiger partial charge in [-0.1, -0.05) is 37.5 Å². The van der Waals surface area contributed by atoms with Crippen LogP contribution in [0.4, 0.5) is 5.69 Å². The molecule has 4 heteroatoms. The van der Waals surface area contributed by atoms with E-state index in [1.807, 2.05) is 6.07 Å². The van der Waals surface area contributed by atoms with Crippen LogP contribution in [0.15, 0.2) is 24.3 Å². The van der Waals surface area contributed by atoms with E-state index in [2.05, 4.69) is 28.4 Å². The molecule has 112 valence electrons. The lowest BCUT2D eigenvalue weighted by Gasteiger charge is -2.32. The summed E-state index contributed by atoms with van der Waals surface area (Å²) in [5, 5.41) is 3.55. The maximum Gasteiger partial charge on any atom is 0.229 e. The van der Waals surface area contributed by atoms with Gasteiger partial charge in [-0.15, -0.1) is 0 Å². The molecule has 0 aromatic heterocycles. The Morgan fingerprint density at radius 2 is 1.90 bits per heavy atom. The number of nitrogens with one attached hydrogen (secondary N) is 1. The highest BCUT2D eigenvalue weighted by Gasteiger charge is 2.25. The molecule has 2 aliphatic rings. The van der Waals surface area contributed by atoms with Crippen molar-refractivity contribution in [2.24, 2.45) is 5.92 Å². The molecule has 0 radical (unpaired) electrons. The van der Waals surface area contributed by atoms with Gasteiger partial charge in [0.05, 0.1) is 0 Å². The standard InChI is InChI=1S/C17H22N2OS/c20-16(14-8-2-1-3-9-14)18-17(21)19-12-6-10-13-7-4-5-11-15(13)19/h4-5,7,11,14H,1-3,6,8-10,12H2,(H,18,20,21). The van der Waals surface area contributed by atoms with Gasteiger partial charge in [-0.2, -0.15) is 0 Å². The van der Waals surface area contributed by atoms with E-state index in [0.717, 1.165) is 50.8 Å². The lowest BCUT2D eigenvalue weighted by Crippen LogP contribution is -2.47. The summed E-state index contributed by atoms with van der Waals surface area (Å²) >= 11 is 5.49. The van der Waals surface area contributed by atoms with Gasteiger partial charge in [0.25, 0.3) is 0 Å². The topological polar surface area (TPSA) is 32.3 Å². The predicted octanol–water partition coefficient (Wildman–Crippen LogP) is 3.42. The summed E-state index contributed by atoms with van der Waals surface area (Å²) in [6.07, 6.45) is 7.76. The SMILES string of the molecule is O=C(NC(=S)N1CCCc2ccccc21)C1CCCCC1. The van der Waals surface area contributed by atoms with Gasteiger partial charge in [0.15, 0.2) is 5.11 Å². The van der Waals surface area contributed by atoms with E-state index in [-0.39, 0.29) is 11.8 Å². The number of hydrogen-bond donors (Lipinski definition) is 1. The second kappa shape index (κ2) is 6.56. The number of amides is 1. The first-order valence-electron chi connectivity index (χ1n) is 7.96. The van der Waals surface area contributed by atoms with E-state index >= 15 is 0 Å². The Bertz CT molecular complexity index is 537. The van der Waals surface area contributed by atoms with Gasteiger partial charge >= 0.3 is 0 Å². The summed E-state index contributed by atoms with van der Waals surface area (Å²) in [6, 6.07) is 8.33. The van der Waals surface area contributed by atoms with Crippen LogP contribution in [0.3, 0.4) is 0 Å². The number of thiocarbonyl (C=S) groups is 1. The number of nitrogens with zero attached hydrogens (tertiary/aromatic N) is 1. The van der Waals surface area contributed by atoms with E-state index in [9.17, 15) is 4.79 Å². The number of anilines is 1. The number of rotatable bonds is 1. The molecule has 0 saturated heterocycles. The molecular weight excluding hydrogens is 280 g/mol. The Labute approximate surface area is 131 Å². The largest absolute Gasteiger partial charge is 0.318 e. The minimum absolute atomic E-state index is 0.114. The number of fused-ring (bicyclic) bond motifs is 1. The summed E-state index contributed by atoms with van der Waals surface area (Å²) < 4.78 is 0. The first kappa shape index (κ1) is 14.5. The fourth-order valence-electron chi connectivity index (χ4n) is 3.38. The second-order valence-electron chi connectivity index (χ2n) is 6.01. The summed E-state index contributed by atoms with van der Waals surface area (Å²) in [5.41, 5.74) is 2.47. The number of para-hydroxylation sites is 1. The molecule has 0 unspecified atom stereocenters. The summed E-state index contributed by atoms with van der Waals surface area (Å²) in [7, 11) is 0. The molecule has 1 amide bonds. The Morgan fingerprint density at radius 1 is 1.14 bits per heavy atom. The maximum absolute atomic E-state index is 12.3. The summed E-state index contributed by atoms with van der Waals surface area (Å²) in [6.45, 7) is 0.890. The molecule has 0 bridgehead atoms. The Balaban J connectivity index is 1.67. The van der Waals surface area contributed by atoms with Crippen molar-refractivity contribution in [2.75, 3.05) is 11.4 Å². The lowest BCUT2D eigenvalue weighted by atomic mass is 9.89. The highest BCUT2D eigenvalue weighted by atomic mass is 32.1. The molecule has 0 spiro atoms. The number of hydrogen-bond acceptors (Lipinski definition) is 2. The smallest absolute Gasteiger partial charge is 0.229 e. The van der Waals surface area contributed by atoms with E-state index in [0.29, 0.717) is 5.11 Å². The van der Waals surface area contributed by atoms with Crippen LogP contribution < -0.4 is 10.2 Å². The number of carbonyl (C=O) groups excluding carboxylic acids is 1. The normalized spacial score (nSPS) is 19.0. The third-order valence-electron chi connectivity index (χ3n) is 4.56. The molecule has 1 aromatic carbocycles. The maximum atomic E-state index is 12.3. The Kier molecular flexibility index (Phi) is 4.54. The van der Waals surface area contributed by atoms with Crippen molar-refractivity contribution in [2.45, 2.75) is 44.9 Å². The van der Waals surface area contributed by atoms with Gasteiger partial charge in [0, 0.05) is 18.2 Å². The Hall–Kier alpha value is -1.42. The van der Waals surface area contributed by atoms with Gasteiger partial charge in [-0.25, -0.2) is 0 Å². The van der Waals surface area contributed by atoms with Crippen molar-refractivity contribution in [1.29, 1.82) is 0 Å². The van der Waals surface area contributed by atoms with E-state index < -0.39 is 0 Å². The lowest BCUT2D eigenvalue weighted by molar-refractivity contribution is -0.124. The van der Waals surface area contributed by atoms with Gasteiger partial charge in [-0.05, 0) is 49.5 Å². The number of benzene rings is 1. The Morgan fingerprint density at radius 3 is 2.71 bits per heavy atom. The van der Waals surface area contributed by atoms with Crippen LogP contribution in [0.5, 0.6) is 0 Å². The first-order chi connectivity index (χ1) is 10.3. The summed E-state index contributed by atoms with van der Waals surface area (Å²) in [5.74, 6) is 0.263. The molecule has 21 heavy (non-hydrogen) atoms. The van der Waals surface area contributed by atoms with Crippen molar-refractivity contribution in [1.82, 2.24) is 5.32 Å². The van der Waals surface area contributed by atoms with E-state index in [1.54, 1.807) is 0 Å². The van der Waals surface area contributed by atoms with Gasteiger partial charge in [0.2, 0.25) is 5.91 Å². The molecule has 1 heterocycles. The average molecular weight is 302 g/mol. The molecule has 1 N–H and O–H groups in total. The van der Waals surface area contributed by atoms with E-state index in [4.69, 9.17) is 12.2 Å². The van der Waals surface area contributed by atoms with Gasteiger partial charge in [0.1, 0.15) is 0 Å². The molecule has 3 rings (SSSR count). The van der Waals surface area contributed by atoms with Crippen LogP contribution in [0.25, 0.3) is 0 Å². The molecular formula is C17H22N2OS. The molecule has 3 nitrogen and oxygen atoms in total. The zero-order valence-electron chi connectivity index (χ0n) is 12.3. The quantitative estimate of drug-likeness (QED) is 0.807. The fraction of sp³-hybridized carbons (Fsp3) is 0.529. The fourth-order valence-corrected chi connectivity index (χ4v) is 3.67. The van der Waals surface area contributed by atoms with Crippen LogP contribution in [0.1, 0.15) is 44.1 Å².